The normalized spacial score (nSPS) is 14.3. The summed E-state index contributed by atoms with van der Waals surface area (Å²) in [4.78, 5) is 18.5. The van der Waals surface area contributed by atoms with Gasteiger partial charge < -0.3 is 20.3 Å². The Morgan fingerprint density at radius 2 is 2.13 bits per heavy atom. The van der Waals surface area contributed by atoms with Crippen molar-refractivity contribution >= 4 is 11.8 Å². The lowest BCUT2D eigenvalue weighted by Gasteiger charge is -2.17. The molecule has 23 heavy (non-hydrogen) atoms. The lowest BCUT2D eigenvalue weighted by atomic mass is 10.2. The number of urea groups is 1. The van der Waals surface area contributed by atoms with Crippen molar-refractivity contribution in [3.8, 4) is 0 Å². The molecule has 0 saturated carbocycles. The van der Waals surface area contributed by atoms with E-state index in [1.807, 2.05) is 12.3 Å². The number of carbonyl (C=O) groups excluding carboxylic acids is 1. The van der Waals surface area contributed by atoms with E-state index < -0.39 is 0 Å². The minimum atomic E-state index is -0.169. The average molecular weight is 320 g/mol. The van der Waals surface area contributed by atoms with Gasteiger partial charge in [0.05, 0.1) is 6.61 Å². The maximum absolute atomic E-state index is 11.8. The van der Waals surface area contributed by atoms with Gasteiger partial charge in [-0.3, -0.25) is 0 Å². The van der Waals surface area contributed by atoms with Crippen molar-refractivity contribution in [3.05, 3.63) is 23.9 Å². The zero-order valence-corrected chi connectivity index (χ0v) is 14.2. The maximum Gasteiger partial charge on any atom is 0.315 e. The molecule has 0 aromatic carbocycles. The molecule has 1 fully saturated rings. The zero-order valence-electron chi connectivity index (χ0n) is 14.2. The number of amides is 2. The Labute approximate surface area is 138 Å². The van der Waals surface area contributed by atoms with Gasteiger partial charge in [-0.05, 0) is 36.5 Å². The number of hydrogen-bond donors (Lipinski definition) is 2. The summed E-state index contributed by atoms with van der Waals surface area (Å²) < 4.78 is 5.42. The van der Waals surface area contributed by atoms with E-state index in [0.717, 1.165) is 31.1 Å². The third kappa shape index (κ3) is 6.44. The predicted molar refractivity (Wildman–Crippen MR) is 91.6 cm³/mol. The van der Waals surface area contributed by atoms with Crippen molar-refractivity contribution in [1.29, 1.82) is 0 Å². The standard InChI is InChI=1S/C17H28N4O2/c1-14(2)13-23-10-7-19-17(22)20-12-15-5-6-18-16(11-15)21-8-3-4-9-21/h5-6,11,14H,3-4,7-10,12-13H2,1-2H3,(H2,19,20,22). The summed E-state index contributed by atoms with van der Waals surface area (Å²) in [5.74, 6) is 1.52. The molecule has 0 spiro atoms. The molecule has 2 amide bonds. The van der Waals surface area contributed by atoms with Crippen molar-refractivity contribution in [3.63, 3.8) is 0 Å². The molecular formula is C17H28N4O2. The van der Waals surface area contributed by atoms with Gasteiger partial charge in [-0.25, -0.2) is 9.78 Å². The number of nitrogens with one attached hydrogen (secondary N) is 2. The lowest BCUT2D eigenvalue weighted by Crippen LogP contribution is -2.37. The van der Waals surface area contributed by atoms with Crippen LogP contribution in [-0.2, 0) is 11.3 Å². The zero-order chi connectivity index (χ0) is 16.5. The maximum atomic E-state index is 11.8. The molecule has 128 valence electrons. The minimum absolute atomic E-state index is 0.169. The van der Waals surface area contributed by atoms with E-state index in [1.54, 1.807) is 0 Å². The molecule has 0 radical (unpaired) electrons. The molecule has 0 bridgehead atoms. The molecule has 6 heteroatoms. The van der Waals surface area contributed by atoms with Gasteiger partial charge in [0.15, 0.2) is 0 Å². The molecule has 1 saturated heterocycles. The molecule has 1 aromatic rings. The van der Waals surface area contributed by atoms with Gasteiger partial charge in [0.2, 0.25) is 0 Å². The third-order valence-corrected chi connectivity index (χ3v) is 3.68. The Kier molecular flexibility index (Phi) is 7.13. The van der Waals surface area contributed by atoms with Gasteiger partial charge in [0, 0.05) is 39.0 Å². The quantitative estimate of drug-likeness (QED) is 0.720. The van der Waals surface area contributed by atoms with Crippen molar-refractivity contribution in [1.82, 2.24) is 15.6 Å². The summed E-state index contributed by atoms with van der Waals surface area (Å²) in [5.41, 5.74) is 1.06. The number of aromatic nitrogens is 1. The Morgan fingerprint density at radius 3 is 2.87 bits per heavy atom. The van der Waals surface area contributed by atoms with E-state index in [2.05, 4.69) is 40.4 Å². The summed E-state index contributed by atoms with van der Waals surface area (Å²) in [7, 11) is 0. The van der Waals surface area contributed by atoms with Crippen LogP contribution in [0.1, 0.15) is 32.3 Å². The Balaban J connectivity index is 1.66. The summed E-state index contributed by atoms with van der Waals surface area (Å²) in [6.45, 7) is 8.63. The lowest BCUT2D eigenvalue weighted by molar-refractivity contribution is 0.112. The fourth-order valence-electron chi connectivity index (χ4n) is 2.49. The van der Waals surface area contributed by atoms with E-state index in [1.165, 1.54) is 12.8 Å². The smallest absolute Gasteiger partial charge is 0.315 e. The number of anilines is 1. The second-order valence-corrected chi connectivity index (χ2v) is 6.29. The van der Waals surface area contributed by atoms with E-state index in [4.69, 9.17) is 4.74 Å². The van der Waals surface area contributed by atoms with E-state index in [9.17, 15) is 4.79 Å². The minimum Gasteiger partial charge on any atom is -0.379 e. The first kappa shape index (κ1) is 17.5. The highest BCUT2D eigenvalue weighted by atomic mass is 16.5. The van der Waals surface area contributed by atoms with Crippen LogP contribution in [0.5, 0.6) is 0 Å². The first-order chi connectivity index (χ1) is 11.1. The number of nitrogens with zero attached hydrogens (tertiary/aromatic N) is 2. The topological polar surface area (TPSA) is 66.5 Å². The Bertz CT molecular complexity index is 487. The summed E-state index contributed by atoms with van der Waals surface area (Å²) >= 11 is 0. The highest BCUT2D eigenvalue weighted by molar-refractivity contribution is 5.73. The largest absolute Gasteiger partial charge is 0.379 e. The van der Waals surface area contributed by atoms with Gasteiger partial charge in [-0.15, -0.1) is 0 Å². The summed E-state index contributed by atoms with van der Waals surface area (Å²) in [5, 5.41) is 5.66. The molecule has 1 aromatic heterocycles. The molecule has 2 N–H and O–H groups in total. The van der Waals surface area contributed by atoms with Gasteiger partial charge in [0.25, 0.3) is 0 Å². The van der Waals surface area contributed by atoms with Crippen molar-refractivity contribution in [2.75, 3.05) is 37.7 Å². The van der Waals surface area contributed by atoms with E-state index >= 15 is 0 Å². The van der Waals surface area contributed by atoms with Crippen LogP contribution in [0.4, 0.5) is 10.6 Å². The molecule has 0 atom stereocenters. The van der Waals surface area contributed by atoms with Crippen molar-refractivity contribution in [2.45, 2.75) is 33.2 Å². The fourth-order valence-corrected chi connectivity index (χ4v) is 2.49. The predicted octanol–water partition coefficient (Wildman–Crippen LogP) is 2.15. The van der Waals surface area contributed by atoms with Crippen LogP contribution < -0.4 is 15.5 Å². The SMILES string of the molecule is CC(C)COCCNC(=O)NCc1ccnc(N2CCCC2)c1. The molecule has 2 heterocycles. The molecule has 0 unspecified atom stereocenters. The van der Waals surface area contributed by atoms with Crippen LogP contribution >= 0.6 is 0 Å². The molecule has 1 aliphatic heterocycles. The number of rotatable bonds is 8. The van der Waals surface area contributed by atoms with E-state index in [0.29, 0.717) is 25.6 Å². The highest BCUT2D eigenvalue weighted by Gasteiger charge is 2.13. The molecule has 2 rings (SSSR count). The van der Waals surface area contributed by atoms with Crippen LogP contribution in [0.2, 0.25) is 0 Å². The second-order valence-electron chi connectivity index (χ2n) is 6.29. The van der Waals surface area contributed by atoms with Crippen LogP contribution in [0.15, 0.2) is 18.3 Å². The van der Waals surface area contributed by atoms with Crippen molar-refractivity contribution in [2.24, 2.45) is 5.92 Å². The highest BCUT2D eigenvalue weighted by Crippen LogP contribution is 2.18. The third-order valence-electron chi connectivity index (χ3n) is 3.68. The molecular weight excluding hydrogens is 292 g/mol. The Hall–Kier alpha value is -1.82. The van der Waals surface area contributed by atoms with E-state index in [-0.39, 0.29) is 6.03 Å². The van der Waals surface area contributed by atoms with Crippen LogP contribution in [0, 0.1) is 5.92 Å². The number of ether oxygens (including phenoxy) is 1. The second kappa shape index (κ2) is 9.35. The van der Waals surface area contributed by atoms with Gasteiger partial charge >= 0.3 is 6.03 Å². The summed E-state index contributed by atoms with van der Waals surface area (Å²) in [6.07, 6.45) is 4.26. The Morgan fingerprint density at radius 1 is 1.35 bits per heavy atom. The van der Waals surface area contributed by atoms with Crippen molar-refractivity contribution < 1.29 is 9.53 Å². The van der Waals surface area contributed by atoms with Gasteiger partial charge in [0.1, 0.15) is 5.82 Å². The van der Waals surface area contributed by atoms with Crippen LogP contribution in [0.3, 0.4) is 0 Å². The van der Waals surface area contributed by atoms with Crippen LogP contribution in [-0.4, -0.2) is 43.9 Å². The molecule has 1 aliphatic rings. The molecule has 6 nitrogen and oxygen atoms in total. The summed E-state index contributed by atoms with van der Waals surface area (Å²) in [6, 6.07) is 3.82. The van der Waals surface area contributed by atoms with Gasteiger partial charge in [-0.1, -0.05) is 13.8 Å². The average Bonchev–Trinajstić information content (AvgIpc) is 3.07. The molecule has 0 aliphatic carbocycles. The van der Waals surface area contributed by atoms with Crippen LogP contribution in [0.25, 0.3) is 0 Å². The number of carbonyl (C=O) groups is 1. The monoisotopic (exact) mass is 320 g/mol. The first-order valence-corrected chi connectivity index (χ1v) is 8.44. The number of pyridine rings is 1. The van der Waals surface area contributed by atoms with Gasteiger partial charge in [-0.2, -0.15) is 0 Å². The fraction of sp³-hybridized carbons (Fsp3) is 0.647. The first-order valence-electron chi connectivity index (χ1n) is 8.44. The number of hydrogen-bond acceptors (Lipinski definition) is 4.